The fourth-order valence-corrected chi connectivity index (χ4v) is 7.83. The molecule has 2 heteroatoms. The van der Waals surface area contributed by atoms with Crippen LogP contribution in [0, 0.1) is 40.9 Å². The summed E-state index contributed by atoms with van der Waals surface area (Å²) in [4.78, 5) is 0. The molecule has 2 N–H and O–H groups in total. The van der Waals surface area contributed by atoms with Crippen LogP contribution >= 0.6 is 0 Å². The van der Waals surface area contributed by atoms with Crippen molar-refractivity contribution in [1.82, 2.24) is 0 Å². The van der Waals surface area contributed by atoms with E-state index in [1.54, 1.807) is 0 Å². The van der Waals surface area contributed by atoms with Crippen LogP contribution in [0.5, 0.6) is 0 Å². The Morgan fingerprint density at radius 1 is 0.960 bits per heavy atom. The molecule has 25 heavy (non-hydrogen) atoms. The Morgan fingerprint density at radius 3 is 2.40 bits per heavy atom. The number of aliphatic hydroxyl groups is 2. The second-order valence-electron chi connectivity index (χ2n) is 10.7. The van der Waals surface area contributed by atoms with Crippen molar-refractivity contribution in [2.45, 2.75) is 90.3 Å². The van der Waals surface area contributed by atoms with E-state index in [0.717, 1.165) is 48.0 Å². The van der Waals surface area contributed by atoms with Crippen molar-refractivity contribution in [3.63, 3.8) is 0 Å². The third kappa shape index (κ3) is 2.83. The number of hydrogen-bond acceptors (Lipinski definition) is 2. The van der Waals surface area contributed by atoms with Crippen LogP contribution in [-0.4, -0.2) is 21.9 Å². The van der Waals surface area contributed by atoms with Crippen molar-refractivity contribution in [3.8, 4) is 0 Å². The molecule has 4 rings (SSSR count). The fourth-order valence-electron chi connectivity index (χ4n) is 7.83. The Kier molecular flexibility index (Phi) is 4.40. The molecule has 0 saturated heterocycles. The molecule has 0 spiro atoms. The first kappa shape index (κ1) is 18.0. The Morgan fingerprint density at radius 2 is 1.68 bits per heavy atom. The molecule has 0 aromatic heterocycles. The highest BCUT2D eigenvalue weighted by Crippen LogP contribution is 2.65. The van der Waals surface area contributed by atoms with Gasteiger partial charge in [0.1, 0.15) is 0 Å². The van der Waals surface area contributed by atoms with Gasteiger partial charge in [-0.2, -0.15) is 0 Å². The molecule has 4 saturated carbocycles. The van der Waals surface area contributed by atoms with Gasteiger partial charge < -0.3 is 10.2 Å². The van der Waals surface area contributed by atoms with Crippen LogP contribution in [0.4, 0.5) is 0 Å². The van der Waals surface area contributed by atoms with Gasteiger partial charge in [-0.15, -0.1) is 0 Å². The Hall–Kier alpha value is -0.340. The summed E-state index contributed by atoms with van der Waals surface area (Å²) in [5.41, 5.74) is 0.668. The highest BCUT2D eigenvalue weighted by molar-refractivity contribution is 5.21. The van der Waals surface area contributed by atoms with E-state index in [2.05, 4.69) is 13.5 Å². The molecule has 8 atom stereocenters. The van der Waals surface area contributed by atoms with Gasteiger partial charge >= 0.3 is 0 Å². The van der Waals surface area contributed by atoms with E-state index >= 15 is 0 Å². The average molecular weight is 347 g/mol. The SMILES string of the molecule is C=C(C1CCC2C3CCC4CC(O)CCC4C3CCC12C)C(C)(C)O. The normalized spacial score (nSPS) is 49.9. The summed E-state index contributed by atoms with van der Waals surface area (Å²) >= 11 is 0. The molecule has 4 aliphatic carbocycles. The van der Waals surface area contributed by atoms with Crippen LogP contribution in [0.2, 0.25) is 0 Å². The third-order valence-corrected chi connectivity index (χ3v) is 9.13. The molecule has 0 amide bonds. The molecule has 0 heterocycles. The number of rotatable bonds is 2. The van der Waals surface area contributed by atoms with Gasteiger partial charge in [0.2, 0.25) is 0 Å². The van der Waals surface area contributed by atoms with Crippen molar-refractivity contribution in [2.24, 2.45) is 40.9 Å². The zero-order chi connectivity index (χ0) is 18.0. The first-order chi connectivity index (χ1) is 11.7. The first-order valence-corrected chi connectivity index (χ1v) is 10.8. The minimum absolute atomic E-state index is 0.0300. The molecule has 142 valence electrons. The van der Waals surface area contributed by atoms with Crippen molar-refractivity contribution in [2.75, 3.05) is 0 Å². The van der Waals surface area contributed by atoms with Gasteiger partial charge in [-0.05, 0) is 118 Å². The quantitative estimate of drug-likeness (QED) is 0.695. The first-order valence-electron chi connectivity index (χ1n) is 10.8. The summed E-state index contributed by atoms with van der Waals surface area (Å²) in [5.74, 6) is 4.77. The lowest BCUT2D eigenvalue weighted by Gasteiger charge is -2.56. The molecule has 0 aromatic rings. The van der Waals surface area contributed by atoms with Crippen LogP contribution in [0.1, 0.15) is 78.6 Å². The zero-order valence-corrected chi connectivity index (χ0v) is 16.5. The molecule has 0 radical (unpaired) electrons. The van der Waals surface area contributed by atoms with Crippen LogP contribution in [0.25, 0.3) is 0 Å². The molecular weight excluding hydrogens is 308 g/mol. The minimum atomic E-state index is -0.753. The van der Waals surface area contributed by atoms with Crippen LogP contribution < -0.4 is 0 Å². The molecule has 8 unspecified atom stereocenters. The maximum atomic E-state index is 10.5. The molecule has 0 aromatic carbocycles. The maximum Gasteiger partial charge on any atom is 0.0801 e. The Balaban J connectivity index is 1.55. The lowest BCUT2D eigenvalue weighted by atomic mass is 9.49. The standard InChI is InChI=1S/C23H38O2/c1-14(22(2,3)25)20-9-10-21-19-7-5-15-13-16(24)6-8-17(15)18(19)11-12-23(20,21)4/h15-21,24-25H,1,5-13H2,2-4H3. The second kappa shape index (κ2) is 6.09. The van der Waals surface area contributed by atoms with E-state index in [1.165, 1.54) is 44.9 Å². The summed E-state index contributed by atoms with van der Waals surface area (Å²) in [6.45, 7) is 10.7. The van der Waals surface area contributed by atoms with Crippen molar-refractivity contribution in [1.29, 1.82) is 0 Å². The summed E-state index contributed by atoms with van der Waals surface area (Å²) in [5, 5.41) is 20.6. The average Bonchev–Trinajstić information content (AvgIpc) is 2.89. The van der Waals surface area contributed by atoms with E-state index in [-0.39, 0.29) is 6.10 Å². The zero-order valence-electron chi connectivity index (χ0n) is 16.5. The lowest BCUT2D eigenvalue weighted by Crippen LogP contribution is -2.49. The monoisotopic (exact) mass is 346 g/mol. The van der Waals surface area contributed by atoms with Crippen LogP contribution in [-0.2, 0) is 0 Å². The van der Waals surface area contributed by atoms with Crippen LogP contribution in [0.15, 0.2) is 12.2 Å². The van der Waals surface area contributed by atoms with Gasteiger partial charge in [-0.1, -0.05) is 13.5 Å². The predicted octanol–water partition coefficient (Wildman–Crippen LogP) is 4.94. The van der Waals surface area contributed by atoms with Crippen molar-refractivity contribution in [3.05, 3.63) is 12.2 Å². The molecule has 0 aliphatic heterocycles. The van der Waals surface area contributed by atoms with Gasteiger partial charge in [0.15, 0.2) is 0 Å². The molecular formula is C23H38O2. The Bertz CT molecular complexity index is 533. The Labute approximate surface area is 154 Å². The summed E-state index contributed by atoms with van der Waals surface area (Å²) in [7, 11) is 0. The van der Waals surface area contributed by atoms with Gasteiger partial charge in [-0.25, -0.2) is 0 Å². The van der Waals surface area contributed by atoms with E-state index in [4.69, 9.17) is 0 Å². The predicted molar refractivity (Wildman–Crippen MR) is 102 cm³/mol. The fraction of sp³-hybridized carbons (Fsp3) is 0.913. The number of aliphatic hydroxyl groups excluding tert-OH is 1. The van der Waals surface area contributed by atoms with E-state index in [9.17, 15) is 10.2 Å². The highest BCUT2D eigenvalue weighted by Gasteiger charge is 2.58. The van der Waals surface area contributed by atoms with Crippen molar-refractivity contribution >= 4 is 0 Å². The summed E-state index contributed by atoms with van der Waals surface area (Å²) < 4.78 is 0. The lowest BCUT2D eigenvalue weighted by molar-refractivity contribution is -0.0763. The topological polar surface area (TPSA) is 40.5 Å². The van der Waals surface area contributed by atoms with E-state index in [1.807, 2.05) is 13.8 Å². The summed E-state index contributed by atoms with van der Waals surface area (Å²) in [6, 6.07) is 0. The van der Waals surface area contributed by atoms with E-state index in [0.29, 0.717) is 11.3 Å². The van der Waals surface area contributed by atoms with Crippen molar-refractivity contribution < 1.29 is 10.2 Å². The maximum absolute atomic E-state index is 10.5. The van der Waals surface area contributed by atoms with Gasteiger partial charge in [0.25, 0.3) is 0 Å². The van der Waals surface area contributed by atoms with Crippen LogP contribution in [0.3, 0.4) is 0 Å². The molecule has 4 aliphatic rings. The molecule has 2 nitrogen and oxygen atoms in total. The third-order valence-electron chi connectivity index (χ3n) is 9.13. The largest absolute Gasteiger partial charge is 0.393 e. The number of fused-ring (bicyclic) bond motifs is 5. The molecule has 4 fully saturated rings. The minimum Gasteiger partial charge on any atom is -0.393 e. The smallest absolute Gasteiger partial charge is 0.0801 e. The van der Waals surface area contributed by atoms with Gasteiger partial charge in [0, 0.05) is 0 Å². The highest BCUT2D eigenvalue weighted by atomic mass is 16.3. The second-order valence-corrected chi connectivity index (χ2v) is 10.7. The van der Waals surface area contributed by atoms with E-state index < -0.39 is 5.60 Å². The van der Waals surface area contributed by atoms with Gasteiger partial charge in [-0.3, -0.25) is 0 Å². The summed E-state index contributed by atoms with van der Waals surface area (Å²) in [6.07, 6.45) is 11.3. The number of hydrogen-bond donors (Lipinski definition) is 2. The molecule has 0 bridgehead atoms. The van der Waals surface area contributed by atoms with Gasteiger partial charge in [0.05, 0.1) is 11.7 Å².